The van der Waals surface area contributed by atoms with E-state index >= 15 is 0 Å². The Bertz CT molecular complexity index is 1570. The monoisotopic (exact) mass is 571 g/mol. The standard InChI is InChI=1S/C31H26ClN3O6/c1-41-31(40)19-11-9-18(10-12-19)16-33-26-15-20(32)13-14-25(26)35(24-8-4-7-23(24)30(33)39)27(36)17-34-28(37)21-5-2-3-6-22(21)29(34)38/h2-3,5-6,9-15,23-24H,4,7-8,16-17H2,1H3/t23-,24+/m0/s1. The van der Waals surface area contributed by atoms with E-state index in [1.54, 1.807) is 76.5 Å². The molecule has 2 heterocycles. The minimum Gasteiger partial charge on any atom is -0.465 e. The average Bonchev–Trinajstić information content (AvgIpc) is 3.53. The highest BCUT2D eigenvalue weighted by Crippen LogP contribution is 2.44. The SMILES string of the molecule is COC(=O)c1ccc(CN2C(=O)[C@H]3CCC[C@H]3N(C(=O)CN3C(=O)c4ccccc4C3=O)c3ccc(Cl)cc32)cc1. The second-order valence-electron chi connectivity index (χ2n) is 10.4. The van der Waals surface area contributed by atoms with Gasteiger partial charge < -0.3 is 14.5 Å². The van der Waals surface area contributed by atoms with Crippen molar-refractivity contribution in [3.8, 4) is 0 Å². The number of fused-ring (bicyclic) bond motifs is 3. The quantitative estimate of drug-likeness (QED) is 0.330. The van der Waals surface area contributed by atoms with Gasteiger partial charge in [-0.3, -0.25) is 24.1 Å². The average molecular weight is 572 g/mol. The number of amides is 4. The van der Waals surface area contributed by atoms with Crippen LogP contribution in [0.4, 0.5) is 11.4 Å². The van der Waals surface area contributed by atoms with Gasteiger partial charge in [0, 0.05) is 11.1 Å². The summed E-state index contributed by atoms with van der Waals surface area (Å²) in [5.41, 5.74) is 2.66. The Morgan fingerprint density at radius 1 is 0.878 bits per heavy atom. The number of benzene rings is 3. The molecular weight excluding hydrogens is 546 g/mol. The van der Waals surface area contributed by atoms with Gasteiger partial charge in [-0.05, 0) is 60.9 Å². The van der Waals surface area contributed by atoms with Crippen LogP contribution in [-0.2, 0) is 20.9 Å². The number of carbonyl (C=O) groups excluding carboxylic acids is 5. The molecule has 3 aromatic rings. The van der Waals surface area contributed by atoms with Crippen molar-refractivity contribution in [3.05, 3.63) is 94.0 Å². The Hall–Kier alpha value is -4.50. The van der Waals surface area contributed by atoms with E-state index in [4.69, 9.17) is 16.3 Å². The van der Waals surface area contributed by atoms with Crippen molar-refractivity contribution >= 4 is 52.6 Å². The molecule has 3 aliphatic rings. The van der Waals surface area contributed by atoms with Crippen molar-refractivity contribution in [2.75, 3.05) is 23.5 Å². The number of hydrogen-bond acceptors (Lipinski definition) is 6. The van der Waals surface area contributed by atoms with Crippen LogP contribution in [0, 0.1) is 5.92 Å². The molecule has 0 bridgehead atoms. The van der Waals surface area contributed by atoms with Crippen LogP contribution in [0.2, 0.25) is 5.02 Å². The summed E-state index contributed by atoms with van der Waals surface area (Å²) in [5.74, 6) is -2.54. The maximum Gasteiger partial charge on any atom is 0.337 e. The van der Waals surface area contributed by atoms with Gasteiger partial charge in [0.2, 0.25) is 11.8 Å². The van der Waals surface area contributed by atoms with E-state index in [0.29, 0.717) is 34.8 Å². The summed E-state index contributed by atoms with van der Waals surface area (Å²) in [6, 6.07) is 17.9. The van der Waals surface area contributed by atoms with E-state index < -0.39 is 42.2 Å². The van der Waals surface area contributed by atoms with Crippen molar-refractivity contribution in [2.45, 2.75) is 31.8 Å². The van der Waals surface area contributed by atoms with Gasteiger partial charge in [0.15, 0.2) is 0 Å². The van der Waals surface area contributed by atoms with Gasteiger partial charge in [-0.25, -0.2) is 4.79 Å². The summed E-state index contributed by atoms with van der Waals surface area (Å²) in [7, 11) is 1.31. The van der Waals surface area contributed by atoms with Crippen LogP contribution in [0.25, 0.3) is 0 Å². The Labute approximate surface area is 241 Å². The first-order chi connectivity index (χ1) is 19.8. The fraction of sp³-hybridized carbons (Fsp3) is 0.258. The molecule has 6 rings (SSSR count). The largest absolute Gasteiger partial charge is 0.465 e. The number of imide groups is 1. The van der Waals surface area contributed by atoms with Crippen LogP contribution in [0.3, 0.4) is 0 Å². The minimum atomic E-state index is -0.513. The van der Waals surface area contributed by atoms with Crippen LogP contribution in [0.1, 0.15) is 55.9 Å². The third kappa shape index (κ3) is 4.56. The van der Waals surface area contributed by atoms with Crippen LogP contribution >= 0.6 is 11.6 Å². The fourth-order valence-electron chi connectivity index (χ4n) is 6.07. The van der Waals surface area contributed by atoms with Crippen molar-refractivity contribution in [1.82, 2.24) is 4.90 Å². The molecule has 0 aromatic heterocycles. The normalized spacial score (nSPS) is 19.6. The van der Waals surface area contributed by atoms with Gasteiger partial charge in [-0.2, -0.15) is 0 Å². The first kappa shape index (κ1) is 26.7. The lowest BCUT2D eigenvalue weighted by molar-refractivity contribution is -0.123. The van der Waals surface area contributed by atoms with Crippen molar-refractivity contribution in [1.29, 1.82) is 0 Å². The lowest BCUT2D eigenvalue weighted by atomic mass is 10.0. The number of ether oxygens (including phenoxy) is 1. The molecule has 4 amide bonds. The van der Waals surface area contributed by atoms with Crippen LogP contribution in [0.15, 0.2) is 66.7 Å². The van der Waals surface area contributed by atoms with Crippen molar-refractivity contribution in [2.24, 2.45) is 5.92 Å². The lowest BCUT2D eigenvalue weighted by Gasteiger charge is -2.31. The Balaban J connectivity index is 1.36. The number of carbonyl (C=O) groups is 5. The summed E-state index contributed by atoms with van der Waals surface area (Å²) in [5, 5.41) is 0.391. The van der Waals surface area contributed by atoms with E-state index in [1.165, 1.54) is 7.11 Å². The Kier molecular flexibility index (Phi) is 6.83. The molecule has 9 nitrogen and oxygen atoms in total. The zero-order chi connectivity index (χ0) is 28.8. The Morgan fingerprint density at radius 3 is 2.22 bits per heavy atom. The Morgan fingerprint density at radius 2 is 1.56 bits per heavy atom. The molecule has 0 N–H and O–H groups in total. The number of halogens is 1. The second kappa shape index (κ2) is 10.5. The molecule has 10 heteroatoms. The van der Waals surface area contributed by atoms with E-state index in [-0.39, 0.29) is 23.6 Å². The van der Waals surface area contributed by atoms with Crippen molar-refractivity contribution < 1.29 is 28.7 Å². The van der Waals surface area contributed by atoms with E-state index in [9.17, 15) is 24.0 Å². The number of methoxy groups -OCH3 is 1. The van der Waals surface area contributed by atoms with Gasteiger partial charge in [-0.15, -0.1) is 0 Å². The maximum absolute atomic E-state index is 14.0. The highest BCUT2D eigenvalue weighted by atomic mass is 35.5. The minimum absolute atomic E-state index is 0.135. The summed E-state index contributed by atoms with van der Waals surface area (Å²) in [4.78, 5) is 70.2. The molecule has 1 fully saturated rings. The molecular formula is C31H26ClN3O6. The third-order valence-corrected chi connectivity index (χ3v) is 8.27. The summed E-state index contributed by atoms with van der Waals surface area (Å²) < 4.78 is 4.78. The lowest BCUT2D eigenvalue weighted by Crippen LogP contribution is -2.49. The summed E-state index contributed by atoms with van der Waals surface area (Å²) in [6.45, 7) is -0.252. The highest BCUT2D eigenvalue weighted by Gasteiger charge is 2.47. The molecule has 0 saturated heterocycles. The smallest absolute Gasteiger partial charge is 0.337 e. The first-order valence-corrected chi connectivity index (χ1v) is 13.7. The van der Waals surface area contributed by atoms with Gasteiger partial charge in [0.1, 0.15) is 6.54 Å². The molecule has 0 radical (unpaired) electrons. The number of anilines is 2. The van der Waals surface area contributed by atoms with Gasteiger partial charge in [0.25, 0.3) is 11.8 Å². The first-order valence-electron chi connectivity index (χ1n) is 13.3. The van der Waals surface area contributed by atoms with Gasteiger partial charge in [0.05, 0.1) is 47.6 Å². The van der Waals surface area contributed by atoms with E-state index in [1.807, 2.05) is 0 Å². The number of hydrogen-bond donors (Lipinski definition) is 0. The van der Waals surface area contributed by atoms with Gasteiger partial charge >= 0.3 is 5.97 Å². The molecule has 1 aliphatic carbocycles. The molecule has 208 valence electrons. The molecule has 1 saturated carbocycles. The fourth-order valence-corrected chi connectivity index (χ4v) is 6.24. The highest BCUT2D eigenvalue weighted by molar-refractivity contribution is 6.31. The second-order valence-corrected chi connectivity index (χ2v) is 10.8. The summed E-state index contributed by atoms with van der Waals surface area (Å²) >= 11 is 6.40. The topological polar surface area (TPSA) is 104 Å². The van der Waals surface area contributed by atoms with Crippen LogP contribution in [0.5, 0.6) is 0 Å². The van der Waals surface area contributed by atoms with E-state index in [0.717, 1.165) is 16.9 Å². The third-order valence-electron chi connectivity index (χ3n) is 8.04. The summed E-state index contributed by atoms with van der Waals surface area (Å²) in [6.07, 6.45) is 1.95. The maximum atomic E-state index is 14.0. The molecule has 2 aliphatic heterocycles. The predicted molar refractivity (Wildman–Crippen MR) is 151 cm³/mol. The van der Waals surface area contributed by atoms with Gasteiger partial charge in [-0.1, -0.05) is 42.3 Å². The number of esters is 1. The zero-order valence-corrected chi connectivity index (χ0v) is 23.0. The molecule has 0 unspecified atom stereocenters. The molecule has 41 heavy (non-hydrogen) atoms. The zero-order valence-electron chi connectivity index (χ0n) is 22.2. The van der Waals surface area contributed by atoms with Crippen LogP contribution in [-0.4, -0.2) is 54.2 Å². The van der Waals surface area contributed by atoms with Crippen LogP contribution < -0.4 is 9.80 Å². The molecule has 3 aromatic carbocycles. The van der Waals surface area contributed by atoms with E-state index in [2.05, 4.69) is 0 Å². The predicted octanol–water partition coefficient (Wildman–Crippen LogP) is 4.47. The number of nitrogens with zero attached hydrogens (tertiary/aromatic N) is 3. The molecule has 2 atom stereocenters. The molecule has 0 spiro atoms. The van der Waals surface area contributed by atoms with Crippen molar-refractivity contribution in [3.63, 3.8) is 0 Å². The number of rotatable bonds is 5.